The molecular formula is C17H18N4O4S. The first-order chi connectivity index (χ1) is 12.5. The van der Waals surface area contributed by atoms with Gasteiger partial charge in [-0.25, -0.2) is 4.98 Å². The molecule has 2 heterocycles. The monoisotopic (exact) mass is 374 g/mol. The molecule has 0 fully saturated rings. The second kappa shape index (κ2) is 7.20. The van der Waals surface area contributed by atoms with Gasteiger partial charge < -0.3 is 9.47 Å². The number of pyridine rings is 1. The summed E-state index contributed by atoms with van der Waals surface area (Å²) >= 11 is 0. The Labute approximate surface area is 152 Å². The van der Waals surface area contributed by atoms with Crippen molar-refractivity contribution in [2.45, 2.75) is 24.8 Å². The van der Waals surface area contributed by atoms with Gasteiger partial charge in [-0.1, -0.05) is 0 Å². The number of nitrogens with zero attached hydrogens (tertiary/aromatic N) is 4. The largest absolute Gasteiger partial charge is 0.497 e. The third-order valence-corrected chi connectivity index (χ3v) is 5.32. The number of hydrogen-bond acceptors (Lipinski definition) is 7. The molecular weight excluding hydrogens is 356 g/mol. The number of aromatic nitrogens is 3. The number of nitroso groups, excluding NO2 is 1. The van der Waals surface area contributed by atoms with E-state index in [-0.39, 0.29) is 10.9 Å². The summed E-state index contributed by atoms with van der Waals surface area (Å²) in [6.45, 7) is 3.75. The zero-order chi connectivity index (χ0) is 18.8. The molecule has 0 N–H and O–H groups in total. The van der Waals surface area contributed by atoms with Crippen LogP contribution in [-0.4, -0.2) is 33.1 Å². The fraction of sp³-hybridized carbons (Fsp3) is 0.294. The summed E-state index contributed by atoms with van der Waals surface area (Å²) in [6.07, 6.45) is 1.67. The maximum atomic E-state index is 12.9. The Bertz CT molecular complexity index is 1020. The minimum atomic E-state index is -1.61. The van der Waals surface area contributed by atoms with Crippen molar-refractivity contribution in [3.8, 4) is 11.5 Å². The number of aryl methyl sites for hydroxylation is 1. The van der Waals surface area contributed by atoms with Crippen LogP contribution in [0.15, 0.2) is 34.8 Å². The van der Waals surface area contributed by atoms with E-state index in [4.69, 9.17) is 9.47 Å². The minimum Gasteiger partial charge on any atom is -0.497 e. The highest BCUT2D eigenvalue weighted by Crippen LogP contribution is 2.27. The van der Waals surface area contributed by atoms with E-state index < -0.39 is 10.8 Å². The van der Waals surface area contributed by atoms with Gasteiger partial charge in [0.2, 0.25) is 5.16 Å². The summed E-state index contributed by atoms with van der Waals surface area (Å²) in [5.41, 5.74) is 3.28. The highest BCUT2D eigenvalue weighted by Gasteiger charge is 2.20. The van der Waals surface area contributed by atoms with Crippen molar-refractivity contribution in [3.05, 3.63) is 46.1 Å². The van der Waals surface area contributed by atoms with E-state index in [2.05, 4.69) is 15.3 Å². The molecule has 0 radical (unpaired) electrons. The van der Waals surface area contributed by atoms with Gasteiger partial charge in [-0.05, 0) is 26.0 Å². The van der Waals surface area contributed by atoms with Crippen molar-refractivity contribution in [3.63, 3.8) is 0 Å². The second-order valence-corrected chi connectivity index (χ2v) is 7.02. The van der Waals surface area contributed by atoms with Gasteiger partial charge in [0.15, 0.2) is 0 Å². The number of ether oxygens (including phenoxy) is 2. The molecule has 0 aliphatic heterocycles. The Morgan fingerprint density at radius 2 is 2.00 bits per heavy atom. The minimum absolute atomic E-state index is 0.0731. The van der Waals surface area contributed by atoms with Gasteiger partial charge >= 0.3 is 0 Å². The fourth-order valence-corrected chi connectivity index (χ4v) is 3.97. The average Bonchev–Trinajstić information content (AvgIpc) is 3.02. The van der Waals surface area contributed by atoms with Crippen molar-refractivity contribution in [1.82, 2.24) is 14.6 Å². The summed E-state index contributed by atoms with van der Waals surface area (Å²) in [4.78, 5) is 20.0. The third-order valence-electron chi connectivity index (χ3n) is 4.11. The topological polar surface area (TPSA) is 95.7 Å². The number of fused-ring (bicyclic) bond motifs is 1. The van der Waals surface area contributed by atoms with Crippen LogP contribution in [0.2, 0.25) is 0 Å². The summed E-state index contributed by atoms with van der Waals surface area (Å²) < 4.78 is 24.4. The Balaban J connectivity index is 2.02. The molecule has 0 spiro atoms. The average molecular weight is 374 g/mol. The third kappa shape index (κ3) is 3.05. The Morgan fingerprint density at radius 3 is 2.65 bits per heavy atom. The molecule has 0 aliphatic carbocycles. The summed E-state index contributed by atoms with van der Waals surface area (Å²) in [7, 11) is 1.49. The summed E-state index contributed by atoms with van der Waals surface area (Å²) in [5, 5.41) is 3.05. The zero-order valence-electron chi connectivity index (χ0n) is 14.8. The van der Waals surface area contributed by atoms with Crippen LogP contribution in [0.5, 0.6) is 11.5 Å². The number of hydrogen-bond donors (Lipinski definition) is 0. The quantitative estimate of drug-likeness (QED) is 0.616. The lowest BCUT2D eigenvalue weighted by Gasteiger charge is -2.11. The second-order valence-electron chi connectivity index (χ2n) is 5.68. The first-order valence-corrected chi connectivity index (χ1v) is 9.09. The van der Waals surface area contributed by atoms with E-state index in [0.29, 0.717) is 28.2 Å². The number of benzene rings is 1. The van der Waals surface area contributed by atoms with Crippen molar-refractivity contribution < 1.29 is 13.7 Å². The molecule has 0 saturated carbocycles. The van der Waals surface area contributed by atoms with Crippen LogP contribution in [0, 0.1) is 18.8 Å². The van der Waals surface area contributed by atoms with E-state index in [1.807, 2.05) is 13.8 Å². The molecule has 3 rings (SSSR count). The van der Waals surface area contributed by atoms with Crippen LogP contribution >= 0.6 is 0 Å². The molecule has 136 valence electrons. The maximum Gasteiger partial charge on any atom is 0.223 e. The lowest BCUT2D eigenvalue weighted by Crippen LogP contribution is -2.07. The smallest absolute Gasteiger partial charge is 0.223 e. The Morgan fingerprint density at radius 1 is 1.23 bits per heavy atom. The van der Waals surface area contributed by atoms with Crippen molar-refractivity contribution >= 4 is 21.8 Å². The van der Waals surface area contributed by atoms with Crippen LogP contribution in [0.1, 0.15) is 16.8 Å². The van der Waals surface area contributed by atoms with Crippen molar-refractivity contribution in [2.24, 2.45) is 5.29 Å². The van der Waals surface area contributed by atoms with Crippen LogP contribution in [0.25, 0.3) is 11.0 Å². The van der Waals surface area contributed by atoms with Gasteiger partial charge in [0, 0.05) is 23.4 Å². The lowest BCUT2D eigenvalue weighted by atomic mass is 10.1. The van der Waals surface area contributed by atoms with Gasteiger partial charge in [-0.3, -0.25) is 9.19 Å². The molecule has 0 amide bonds. The highest BCUT2D eigenvalue weighted by atomic mass is 32.2. The molecule has 0 saturated heterocycles. The number of methoxy groups -OCH3 is 2. The molecule has 3 aromatic rings. The lowest BCUT2D eigenvalue weighted by molar-refractivity contribution is 0.407. The van der Waals surface area contributed by atoms with E-state index in [9.17, 15) is 9.12 Å². The predicted octanol–water partition coefficient (Wildman–Crippen LogP) is 2.90. The normalized spacial score (nSPS) is 12.2. The fourth-order valence-electron chi connectivity index (χ4n) is 2.78. The molecule has 0 bridgehead atoms. The van der Waals surface area contributed by atoms with E-state index in [1.165, 1.54) is 7.11 Å². The molecule has 9 heteroatoms. The molecule has 1 aromatic carbocycles. The van der Waals surface area contributed by atoms with Crippen molar-refractivity contribution in [2.75, 3.05) is 14.2 Å². The van der Waals surface area contributed by atoms with E-state index >= 15 is 0 Å². The molecule has 1 atom stereocenters. The van der Waals surface area contributed by atoms with Gasteiger partial charge in [-0.2, -0.15) is 4.68 Å². The maximum absolute atomic E-state index is 12.9. The Hall–Kier alpha value is -2.81. The zero-order valence-corrected chi connectivity index (χ0v) is 15.7. The molecule has 8 nitrogen and oxygen atoms in total. The van der Waals surface area contributed by atoms with Crippen LogP contribution in [0.3, 0.4) is 0 Å². The molecule has 0 aliphatic rings. The highest BCUT2D eigenvalue weighted by molar-refractivity contribution is 7.84. The summed E-state index contributed by atoms with van der Waals surface area (Å²) in [6, 6.07) is 5.03. The van der Waals surface area contributed by atoms with Gasteiger partial charge in [0.1, 0.15) is 17.0 Å². The molecule has 0 unspecified atom stereocenters. The Kier molecular flexibility index (Phi) is 4.99. The molecule has 26 heavy (non-hydrogen) atoms. The SMILES string of the molecule is COc1ccc2nc([S@@](=O)Cc3ncc(C)c(OC)c3C)n(N=O)c2c1. The number of rotatable bonds is 6. The van der Waals surface area contributed by atoms with Gasteiger partial charge in [-0.15, -0.1) is 4.91 Å². The first kappa shape index (κ1) is 18.0. The van der Waals surface area contributed by atoms with E-state index in [0.717, 1.165) is 15.8 Å². The van der Waals surface area contributed by atoms with Crippen LogP contribution < -0.4 is 9.47 Å². The van der Waals surface area contributed by atoms with Crippen LogP contribution in [0.4, 0.5) is 0 Å². The standard InChI is InChI=1S/C17H18N4O4S/c1-10-8-18-14(11(2)16(10)25-4)9-26(23)17-19-13-6-5-12(24-3)7-15(13)21(17)20-22/h5-8H,9H2,1-4H3/t26-/m0/s1. The number of imidazole rings is 1. The van der Waals surface area contributed by atoms with E-state index in [1.54, 1.807) is 31.5 Å². The predicted molar refractivity (Wildman–Crippen MR) is 97.9 cm³/mol. The van der Waals surface area contributed by atoms with Gasteiger partial charge in [0.05, 0.1) is 47.3 Å². The van der Waals surface area contributed by atoms with Gasteiger partial charge in [0.25, 0.3) is 0 Å². The summed E-state index contributed by atoms with van der Waals surface area (Å²) in [5.74, 6) is 1.36. The van der Waals surface area contributed by atoms with Crippen molar-refractivity contribution in [1.29, 1.82) is 0 Å². The first-order valence-electron chi connectivity index (χ1n) is 7.77. The van der Waals surface area contributed by atoms with Crippen LogP contribution in [-0.2, 0) is 16.6 Å². The molecule has 2 aromatic heterocycles.